The van der Waals surface area contributed by atoms with E-state index < -0.39 is 23.8 Å². The van der Waals surface area contributed by atoms with E-state index in [-0.39, 0.29) is 0 Å². The molecule has 7 nitrogen and oxygen atoms in total. The highest BCUT2D eigenvalue weighted by molar-refractivity contribution is 6.32. The topological polar surface area (TPSA) is 88.1 Å². The van der Waals surface area contributed by atoms with Crippen LogP contribution in [0, 0.1) is 12.8 Å². The second-order valence-corrected chi connectivity index (χ2v) is 5.73. The number of hydrogen-bond donors (Lipinski definition) is 1. The van der Waals surface area contributed by atoms with Crippen LogP contribution in [0.3, 0.4) is 0 Å². The Morgan fingerprint density at radius 3 is 2.62 bits per heavy atom. The number of aliphatic imine (C=N–C) groups is 1. The molecule has 1 heterocycles. The predicted octanol–water partition coefficient (Wildman–Crippen LogP) is 2.61. The molecule has 132 valence electrons. The number of benzene rings is 2. The number of nitrogens with zero attached hydrogens (tertiary/aromatic N) is 2. The quantitative estimate of drug-likeness (QED) is 0.677. The molecule has 0 spiro atoms. The van der Waals surface area contributed by atoms with Crippen molar-refractivity contribution in [3.05, 3.63) is 54.1 Å². The summed E-state index contributed by atoms with van der Waals surface area (Å²) in [6.45, 7) is 1.85. The van der Waals surface area contributed by atoms with Crippen molar-refractivity contribution in [2.45, 2.75) is 6.92 Å². The first-order chi connectivity index (χ1) is 12.5. The number of amides is 4. The smallest absolute Gasteiger partial charge is 0.335 e. The van der Waals surface area contributed by atoms with Gasteiger partial charge < -0.3 is 4.74 Å². The molecule has 0 aromatic heterocycles. The third kappa shape index (κ3) is 3.32. The van der Waals surface area contributed by atoms with Gasteiger partial charge in [0.2, 0.25) is 5.91 Å². The lowest BCUT2D eigenvalue weighted by molar-refractivity contribution is -0.131. The number of barbiturate groups is 1. The van der Waals surface area contributed by atoms with E-state index in [9.17, 15) is 14.4 Å². The first-order valence-corrected chi connectivity index (χ1v) is 7.94. The normalized spacial score (nSPS) is 17.5. The van der Waals surface area contributed by atoms with Crippen molar-refractivity contribution >= 4 is 35.4 Å². The summed E-state index contributed by atoms with van der Waals surface area (Å²) >= 11 is 0. The molecule has 0 bridgehead atoms. The highest BCUT2D eigenvalue weighted by Gasteiger charge is 2.40. The molecule has 0 saturated carbocycles. The number of rotatable bonds is 4. The minimum Gasteiger partial charge on any atom is -0.494 e. The Kier molecular flexibility index (Phi) is 4.79. The second kappa shape index (κ2) is 7.18. The van der Waals surface area contributed by atoms with E-state index >= 15 is 0 Å². The van der Waals surface area contributed by atoms with Crippen LogP contribution in [0.4, 0.5) is 16.2 Å². The summed E-state index contributed by atoms with van der Waals surface area (Å²) in [5.41, 5.74) is 1.77. The maximum absolute atomic E-state index is 12.8. The van der Waals surface area contributed by atoms with E-state index in [1.165, 1.54) is 13.3 Å². The van der Waals surface area contributed by atoms with Crippen LogP contribution in [-0.4, -0.2) is 31.2 Å². The molecular weight excluding hydrogens is 334 g/mol. The molecule has 7 heteroatoms. The van der Waals surface area contributed by atoms with Crippen LogP contribution in [0.1, 0.15) is 5.56 Å². The van der Waals surface area contributed by atoms with Crippen molar-refractivity contribution in [2.75, 3.05) is 12.0 Å². The van der Waals surface area contributed by atoms with E-state index in [2.05, 4.69) is 10.3 Å². The molecule has 0 radical (unpaired) electrons. The molecule has 1 saturated heterocycles. The zero-order chi connectivity index (χ0) is 18.7. The fraction of sp³-hybridized carbons (Fsp3) is 0.158. The Bertz CT molecular complexity index is 907. The summed E-state index contributed by atoms with van der Waals surface area (Å²) in [7, 11) is 1.50. The van der Waals surface area contributed by atoms with Gasteiger partial charge in [0.1, 0.15) is 11.4 Å². The largest absolute Gasteiger partial charge is 0.494 e. The molecule has 3 rings (SSSR count). The number of aryl methyl sites for hydroxylation is 1. The van der Waals surface area contributed by atoms with Crippen LogP contribution < -0.4 is 15.0 Å². The highest BCUT2D eigenvalue weighted by Crippen LogP contribution is 2.27. The Balaban J connectivity index is 1.92. The number of para-hydroxylation sites is 2. The Morgan fingerprint density at radius 2 is 1.88 bits per heavy atom. The minimum atomic E-state index is -1.21. The lowest BCUT2D eigenvalue weighted by Crippen LogP contribution is -2.58. The van der Waals surface area contributed by atoms with Crippen LogP contribution in [-0.2, 0) is 9.59 Å². The third-order valence-corrected chi connectivity index (χ3v) is 3.91. The van der Waals surface area contributed by atoms with Gasteiger partial charge in [0, 0.05) is 6.21 Å². The van der Waals surface area contributed by atoms with Crippen LogP contribution in [0.25, 0.3) is 0 Å². The summed E-state index contributed by atoms with van der Waals surface area (Å²) in [6.07, 6.45) is 1.23. The Labute approximate surface area is 150 Å². The number of nitrogens with one attached hydrogen (secondary N) is 1. The summed E-state index contributed by atoms with van der Waals surface area (Å²) in [5.74, 6) is -2.05. The van der Waals surface area contributed by atoms with Crippen molar-refractivity contribution in [1.82, 2.24) is 5.32 Å². The van der Waals surface area contributed by atoms with Crippen molar-refractivity contribution < 1.29 is 19.1 Å². The van der Waals surface area contributed by atoms with Gasteiger partial charge >= 0.3 is 6.03 Å². The summed E-state index contributed by atoms with van der Waals surface area (Å²) < 4.78 is 5.20. The van der Waals surface area contributed by atoms with Gasteiger partial charge in [-0.1, -0.05) is 24.3 Å². The SMILES string of the molecule is COc1ccccc1N=CC1C(=O)NC(=O)N(c2cccc(C)c2)C1=O. The van der Waals surface area contributed by atoms with E-state index in [1.807, 2.05) is 13.0 Å². The molecule has 1 atom stereocenters. The van der Waals surface area contributed by atoms with E-state index in [4.69, 9.17) is 4.74 Å². The van der Waals surface area contributed by atoms with Crippen LogP contribution in [0.2, 0.25) is 0 Å². The molecule has 0 aliphatic carbocycles. The summed E-state index contributed by atoms with van der Waals surface area (Å²) in [5, 5.41) is 2.20. The van der Waals surface area contributed by atoms with E-state index in [1.54, 1.807) is 42.5 Å². The lowest BCUT2D eigenvalue weighted by Gasteiger charge is -2.28. The first kappa shape index (κ1) is 17.3. The Morgan fingerprint density at radius 1 is 1.12 bits per heavy atom. The van der Waals surface area contributed by atoms with Gasteiger partial charge in [0.25, 0.3) is 5.91 Å². The van der Waals surface area contributed by atoms with Gasteiger partial charge in [-0.25, -0.2) is 9.69 Å². The van der Waals surface area contributed by atoms with Gasteiger partial charge in [0.05, 0.1) is 12.8 Å². The van der Waals surface area contributed by atoms with Crippen molar-refractivity contribution in [3.8, 4) is 5.75 Å². The van der Waals surface area contributed by atoms with E-state index in [0.717, 1.165) is 10.5 Å². The van der Waals surface area contributed by atoms with Crippen molar-refractivity contribution in [2.24, 2.45) is 10.9 Å². The molecule has 2 aromatic carbocycles. The first-order valence-electron chi connectivity index (χ1n) is 7.94. The zero-order valence-electron chi connectivity index (χ0n) is 14.3. The Hall–Kier alpha value is -3.48. The molecule has 1 aliphatic rings. The molecule has 2 aromatic rings. The molecular formula is C19H17N3O4. The monoisotopic (exact) mass is 351 g/mol. The van der Waals surface area contributed by atoms with Crippen LogP contribution in [0.5, 0.6) is 5.75 Å². The second-order valence-electron chi connectivity index (χ2n) is 5.73. The van der Waals surface area contributed by atoms with Crippen molar-refractivity contribution in [1.29, 1.82) is 0 Å². The molecule has 4 amide bonds. The van der Waals surface area contributed by atoms with Gasteiger partial charge in [0.15, 0.2) is 5.92 Å². The maximum atomic E-state index is 12.8. The van der Waals surface area contributed by atoms with E-state index in [0.29, 0.717) is 17.1 Å². The van der Waals surface area contributed by atoms with Gasteiger partial charge in [-0.3, -0.25) is 19.9 Å². The number of carbonyl (C=O) groups is 3. The van der Waals surface area contributed by atoms with Crippen LogP contribution >= 0.6 is 0 Å². The van der Waals surface area contributed by atoms with Crippen LogP contribution in [0.15, 0.2) is 53.5 Å². The number of carbonyl (C=O) groups excluding carboxylic acids is 3. The fourth-order valence-corrected chi connectivity index (χ4v) is 2.62. The van der Waals surface area contributed by atoms with Gasteiger partial charge in [-0.05, 0) is 36.8 Å². The number of urea groups is 1. The fourth-order valence-electron chi connectivity index (χ4n) is 2.62. The molecule has 1 fully saturated rings. The summed E-state index contributed by atoms with van der Waals surface area (Å²) in [4.78, 5) is 42.2. The highest BCUT2D eigenvalue weighted by atomic mass is 16.5. The number of hydrogen-bond acceptors (Lipinski definition) is 5. The van der Waals surface area contributed by atoms with Crippen molar-refractivity contribution in [3.63, 3.8) is 0 Å². The summed E-state index contributed by atoms with van der Waals surface area (Å²) in [6, 6.07) is 13.1. The maximum Gasteiger partial charge on any atom is 0.335 e. The average Bonchev–Trinajstić information content (AvgIpc) is 2.61. The average molecular weight is 351 g/mol. The molecule has 1 N–H and O–H groups in total. The standard InChI is InChI=1S/C19H17N3O4/c1-12-6-5-7-13(10-12)22-18(24)14(17(23)21-19(22)25)11-20-15-8-3-4-9-16(15)26-2/h3-11,14H,1-2H3,(H,21,23,25). The van der Waals surface area contributed by atoms with Gasteiger partial charge in [-0.15, -0.1) is 0 Å². The minimum absolute atomic E-state index is 0.399. The number of ether oxygens (including phenoxy) is 1. The number of methoxy groups -OCH3 is 1. The predicted molar refractivity (Wildman–Crippen MR) is 96.8 cm³/mol. The molecule has 1 aliphatic heterocycles. The zero-order valence-corrected chi connectivity index (χ0v) is 14.3. The number of imide groups is 2. The third-order valence-electron chi connectivity index (χ3n) is 3.91. The van der Waals surface area contributed by atoms with Gasteiger partial charge in [-0.2, -0.15) is 0 Å². The lowest BCUT2D eigenvalue weighted by atomic mass is 10.1. The number of anilines is 1. The molecule has 1 unspecified atom stereocenters. The molecule has 26 heavy (non-hydrogen) atoms.